The summed E-state index contributed by atoms with van der Waals surface area (Å²) in [5, 5.41) is 15.1. The molecule has 7 nitrogen and oxygen atoms in total. The zero-order chi connectivity index (χ0) is 27.7. The van der Waals surface area contributed by atoms with Crippen molar-refractivity contribution >= 4 is 17.0 Å². The quantitative estimate of drug-likeness (QED) is 0.277. The number of fused-ring (bicyclic) bond motifs is 1. The smallest absolute Gasteiger partial charge is 0.410 e. The Kier molecular flexibility index (Phi) is 7.00. The van der Waals surface area contributed by atoms with Crippen molar-refractivity contribution < 1.29 is 18.7 Å². The third-order valence-corrected chi connectivity index (χ3v) is 6.66. The topological polar surface area (TPSA) is 80.4 Å². The third-order valence-electron chi connectivity index (χ3n) is 6.66. The average molecular weight is 527 g/mol. The number of amides is 1. The molecule has 1 unspecified atom stereocenters. The zero-order valence-electron chi connectivity index (χ0n) is 22.6. The fraction of sp³-hybridized carbons (Fsp3) is 0.323. The molecule has 0 spiro atoms. The number of rotatable bonds is 4. The molecule has 0 radical (unpaired) electrons. The standard InChI is InChI=1S/C31H31FN4O3/c1-20-7-5-9-25(15-20)38-24-12-10-21(11-13-24)29-26-16-22(18-33)27(32)17-28(26)36(34-29)23-8-6-14-35(19-23)30(37)39-31(2,3)4/h5,7,9-13,15-17,23H,6,8,14,19H2,1-4H3. The lowest BCUT2D eigenvalue weighted by molar-refractivity contribution is 0.0169. The Balaban J connectivity index is 1.49. The first kappa shape index (κ1) is 26.2. The van der Waals surface area contributed by atoms with E-state index < -0.39 is 11.4 Å². The van der Waals surface area contributed by atoms with Crippen molar-refractivity contribution in [2.45, 2.75) is 52.2 Å². The fourth-order valence-electron chi connectivity index (χ4n) is 4.88. The summed E-state index contributed by atoms with van der Waals surface area (Å²) >= 11 is 0. The Bertz CT molecular complexity index is 1560. The third kappa shape index (κ3) is 5.73. The van der Waals surface area contributed by atoms with Crippen LogP contribution in [0.25, 0.3) is 22.2 Å². The lowest BCUT2D eigenvalue weighted by Crippen LogP contribution is -2.43. The minimum atomic E-state index is -0.598. The van der Waals surface area contributed by atoms with Gasteiger partial charge in [-0.05, 0) is 88.6 Å². The SMILES string of the molecule is Cc1cccc(Oc2ccc(-c3nn(C4CCCN(C(=O)OC(C)(C)C)C4)c4cc(F)c(C#N)cc34)cc2)c1. The highest BCUT2D eigenvalue weighted by atomic mass is 19.1. The Morgan fingerprint density at radius 2 is 1.87 bits per heavy atom. The van der Waals surface area contributed by atoms with Crippen LogP contribution in [0.2, 0.25) is 0 Å². The lowest BCUT2D eigenvalue weighted by atomic mass is 10.0. The fourth-order valence-corrected chi connectivity index (χ4v) is 4.88. The van der Waals surface area contributed by atoms with E-state index in [-0.39, 0.29) is 17.7 Å². The molecule has 0 aliphatic carbocycles. The van der Waals surface area contributed by atoms with Crippen molar-refractivity contribution in [3.8, 4) is 28.8 Å². The van der Waals surface area contributed by atoms with Gasteiger partial charge in [0.05, 0.1) is 17.1 Å². The molecule has 1 fully saturated rings. The second kappa shape index (κ2) is 10.4. The summed E-state index contributed by atoms with van der Waals surface area (Å²) < 4.78 is 28.2. The van der Waals surface area contributed by atoms with Crippen LogP contribution in [0.15, 0.2) is 60.7 Å². The summed E-state index contributed by atoms with van der Waals surface area (Å²) in [5.74, 6) is 0.829. The van der Waals surface area contributed by atoms with Gasteiger partial charge in [-0.15, -0.1) is 0 Å². The molecule has 0 N–H and O–H groups in total. The zero-order valence-corrected chi connectivity index (χ0v) is 22.6. The Morgan fingerprint density at radius 3 is 2.56 bits per heavy atom. The number of carbonyl (C=O) groups is 1. The number of ether oxygens (including phenoxy) is 2. The molecule has 2 heterocycles. The van der Waals surface area contributed by atoms with Gasteiger partial charge in [-0.2, -0.15) is 10.4 Å². The normalized spacial score (nSPS) is 15.7. The van der Waals surface area contributed by atoms with E-state index in [9.17, 15) is 14.4 Å². The van der Waals surface area contributed by atoms with Gasteiger partial charge >= 0.3 is 6.09 Å². The van der Waals surface area contributed by atoms with Crippen LogP contribution in [0.1, 0.15) is 50.8 Å². The predicted octanol–water partition coefficient (Wildman–Crippen LogP) is 7.39. The largest absolute Gasteiger partial charge is 0.457 e. The summed E-state index contributed by atoms with van der Waals surface area (Å²) in [6.07, 6.45) is 1.18. The molecule has 3 aromatic carbocycles. The first-order chi connectivity index (χ1) is 18.6. The Labute approximate surface area is 227 Å². The van der Waals surface area contributed by atoms with Crippen molar-refractivity contribution in [1.29, 1.82) is 5.26 Å². The highest BCUT2D eigenvalue weighted by molar-refractivity contribution is 5.94. The second-order valence-corrected chi connectivity index (χ2v) is 10.9. The van der Waals surface area contributed by atoms with Gasteiger partial charge in [0.1, 0.15) is 34.7 Å². The molecule has 39 heavy (non-hydrogen) atoms. The van der Waals surface area contributed by atoms with E-state index >= 15 is 0 Å². The number of halogens is 1. The number of hydrogen-bond donors (Lipinski definition) is 0. The van der Waals surface area contributed by atoms with Gasteiger partial charge in [-0.3, -0.25) is 4.68 Å². The van der Waals surface area contributed by atoms with Gasteiger partial charge in [0.25, 0.3) is 0 Å². The van der Waals surface area contributed by atoms with Gasteiger partial charge in [-0.1, -0.05) is 12.1 Å². The van der Waals surface area contributed by atoms with Gasteiger partial charge in [-0.25, -0.2) is 9.18 Å². The Hall–Kier alpha value is -4.38. The van der Waals surface area contributed by atoms with E-state index in [1.807, 2.05) is 82.3 Å². The van der Waals surface area contributed by atoms with E-state index in [2.05, 4.69) is 0 Å². The molecular weight excluding hydrogens is 495 g/mol. The number of likely N-dealkylation sites (tertiary alicyclic amines) is 1. The number of nitriles is 1. The number of aryl methyl sites for hydroxylation is 1. The first-order valence-electron chi connectivity index (χ1n) is 13.1. The van der Waals surface area contributed by atoms with E-state index in [4.69, 9.17) is 14.6 Å². The van der Waals surface area contributed by atoms with E-state index in [1.165, 1.54) is 6.07 Å². The van der Waals surface area contributed by atoms with Crippen molar-refractivity contribution in [2.24, 2.45) is 0 Å². The van der Waals surface area contributed by atoms with Crippen LogP contribution in [0.3, 0.4) is 0 Å². The summed E-state index contributed by atoms with van der Waals surface area (Å²) in [7, 11) is 0. The Morgan fingerprint density at radius 1 is 1.10 bits per heavy atom. The molecule has 1 amide bonds. The number of aromatic nitrogens is 2. The van der Waals surface area contributed by atoms with E-state index in [1.54, 1.807) is 15.6 Å². The van der Waals surface area contributed by atoms with Gasteiger partial charge < -0.3 is 14.4 Å². The number of piperidine rings is 1. The van der Waals surface area contributed by atoms with Crippen molar-refractivity contribution in [1.82, 2.24) is 14.7 Å². The van der Waals surface area contributed by atoms with Gasteiger partial charge in [0.15, 0.2) is 0 Å². The minimum Gasteiger partial charge on any atom is -0.457 e. The molecule has 1 saturated heterocycles. The van der Waals surface area contributed by atoms with Crippen LogP contribution < -0.4 is 4.74 Å². The molecule has 1 atom stereocenters. The maximum Gasteiger partial charge on any atom is 0.410 e. The first-order valence-corrected chi connectivity index (χ1v) is 13.1. The number of nitrogens with zero attached hydrogens (tertiary/aromatic N) is 4. The van der Waals surface area contributed by atoms with Gasteiger partial charge in [0, 0.05) is 30.1 Å². The molecule has 0 bridgehead atoms. The highest BCUT2D eigenvalue weighted by Crippen LogP contribution is 2.35. The van der Waals surface area contributed by atoms with Crippen LogP contribution in [-0.2, 0) is 4.74 Å². The van der Waals surface area contributed by atoms with Crippen LogP contribution in [-0.4, -0.2) is 39.5 Å². The molecule has 5 rings (SSSR count). The van der Waals surface area contributed by atoms with Gasteiger partial charge in [0.2, 0.25) is 0 Å². The molecule has 8 heteroatoms. The van der Waals surface area contributed by atoms with Crippen LogP contribution in [0.4, 0.5) is 9.18 Å². The maximum absolute atomic E-state index is 14.8. The second-order valence-electron chi connectivity index (χ2n) is 10.9. The summed E-state index contributed by atoms with van der Waals surface area (Å²) in [4.78, 5) is 14.5. The van der Waals surface area contributed by atoms with Crippen LogP contribution in [0.5, 0.6) is 11.5 Å². The number of carbonyl (C=O) groups excluding carboxylic acids is 1. The van der Waals surface area contributed by atoms with Crippen molar-refractivity contribution in [3.05, 3.63) is 77.6 Å². The molecule has 4 aromatic rings. The molecule has 1 aliphatic heterocycles. The number of benzene rings is 3. The van der Waals surface area contributed by atoms with E-state index in [0.29, 0.717) is 35.4 Å². The number of hydrogen-bond acceptors (Lipinski definition) is 5. The van der Waals surface area contributed by atoms with Crippen molar-refractivity contribution in [2.75, 3.05) is 13.1 Å². The minimum absolute atomic E-state index is 0.0401. The average Bonchev–Trinajstić information content (AvgIpc) is 3.26. The molecule has 200 valence electrons. The van der Waals surface area contributed by atoms with Crippen LogP contribution >= 0.6 is 0 Å². The monoisotopic (exact) mass is 526 g/mol. The van der Waals surface area contributed by atoms with Crippen LogP contribution in [0, 0.1) is 24.1 Å². The molecule has 1 aromatic heterocycles. The van der Waals surface area contributed by atoms with E-state index in [0.717, 1.165) is 29.7 Å². The molecule has 0 saturated carbocycles. The summed E-state index contributed by atoms with van der Waals surface area (Å²) in [6.45, 7) is 8.52. The summed E-state index contributed by atoms with van der Waals surface area (Å²) in [6, 6.07) is 20.0. The van der Waals surface area contributed by atoms with Crippen molar-refractivity contribution in [3.63, 3.8) is 0 Å². The lowest BCUT2D eigenvalue weighted by Gasteiger charge is -2.34. The molecular formula is C31H31FN4O3. The summed E-state index contributed by atoms with van der Waals surface area (Å²) in [5.41, 5.74) is 2.50. The maximum atomic E-state index is 14.8. The highest BCUT2D eigenvalue weighted by Gasteiger charge is 2.30. The molecule has 1 aliphatic rings. The predicted molar refractivity (Wildman–Crippen MR) is 147 cm³/mol.